The summed E-state index contributed by atoms with van der Waals surface area (Å²) in [6.45, 7) is 0. The number of aliphatic hydroxyl groups is 1. The Morgan fingerprint density at radius 2 is 2.17 bits per heavy atom. The van der Waals surface area contributed by atoms with E-state index in [1.54, 1.807) is 6.20 Å². The minimum absolute atomic E-state index is 0.196. The van der Waals surface area contributed by atoms with Crippen LogP contribution in [0.4, 0.5) is 0 Å². The second-order valence-corrected chi connectivity index (χ2v) is 3.41. The lowest BCUT2D eigenvalue weighted by Gasteiger charge is -2.27. The standard InChI is InChI=1S/C9H14N2O/c12-9-5-2-1-4-8(9)11-7-3-6-10-11/h3,6-9,12H,1-2,4-5H2/t8-,9-/m1/s1. The fraction of sp³-hybridized carbons (Fsp3) is 0.667. The summed E-state index contributed by atoms with van der Waals surface area (Å²) in [4.78, 5) is 0. The first kappa shape index (κ1) is 7.80. The van der Waals surface area contributed by atoms with E-state index < -0.39 is 0 Å². The second-order valence-electron chi connectivity index (χ2n) is 3.41. The number of aromatic nitrogens is 2. The largest absolute Gasteiger partial charge is 0.391 e. The van der Waals surface area contributed by atoms with Gasteiger partial charge in [-0.05, 0) is 18.9 Å². The molecule has 0 unspecified atom stereocenters. The molecule has 66 valence electrons. The van der Waals surface area contributed by atoms with E-state index in [2.05, 4.69) is 5.10 Å². The molecule has 0 spiro atoms. The Morgan fingerprint density at radius 3 is 2.83 bits per heavy atom. The summed E-state index contributed by atoms with van der Waals surface area (Å²) in [6, 6.07) is 2.12. The van der Waals surface area contributed by atoms with E-state index in [4.69, 9.17) is 0 Å². The topological polar surface area (TPSA) is 38.0 Å². The zero-order valence-corrected chi connectivity index (χ0v) is 7.06. The highest BCUT2D eigenvalue weighted by atomic mass is 16.3. The van der Waals surface area contributed by atoms with Crippen molar-refractivity contribution in [1.82, 2.24) is 9.78 Å². The first-order valence-corrected chi connectivity index (χ1v) is 4.55. The molecule has 3 heteroatoms. The van der Waals surface area contributed by atoms with Gasteiger partial charge in [0.25, 0.3) is 0 Å². The van der Waals surface area contributed by atoms with E-state index in [0.29, 0.717) is 0 Å². The minimum atomic E-state index is -0.196. The first-order chi connectivity index (χ1) is 5.88. The van der Waals surface area contributed by atoms with Crippen molar-refractivity contribution in [2.24, 2.45) is 0 Å². The molecule has 1 aromatic rings. The van der Waals surface area contributed by atoms with Crippen LogP contribution in [-0.4, -0.2) is 21.0 Å². The fourth-order valence-electron chi connectivity index (χ4n) is 1.88. The highest BCUT2D eigenvalue weighted by Crippen LogP contribution is 2.27. The lowest BCUT2D eigenvalue weighted by Crippen LogP contribution is -2.27. The molecule has 2 atom stereocenters. The van der Waals surface area contributed by atoms with Crippen LogP contribution in [0.1, 0.15) is 31.7 Å². The normalized spacial score (nSPS) is 30.4. The van der Waals surface area contributed by atoms with Crippen LogP contribution in [0.2, 0.25) is 0 Å². The van der Waals surface area contributed by atoms with Crippen LogP contribution in [0.5, 0.6) is 0 Å². The third-order valence-corrected chi connectivity index (χ3v) is 2.56. The van der Waals surface area contributed by atoms with E-state index in [9.17, 15) is 5.11 Å². The molecule has 0 saturated heterocycles. The van der Waals surface area contributed by atoms with Crippen LogP contribution >= 0.6 is 0 Å². The lowest BCUT2D eigenvalue weighted by atomic mass is 9.93. The summed E-state index contributed by atoms with van der Waals surface area (Å²) >= 11 is 0. The highest BCUT2D eigenvalue weighted by Gasteiger charge is 2.24. The third kappa shape index (κ3) is 1.37. The van der Waals surface area contributed by atoms with Crippen molar-refractivity contribution in [3.8, 4) is 0 Å². The second kappa shape index (κ2) is 3.27. The molecule has 1 aliphatic carbocycles. The van der Waals surface area contributed by atoms with E-state index in [-0.39, 0.29) is 12.1 Å². The number of aliphatic hydroxyl groups excluding tert-OH is 1. The molecule has 3 nitrogen and oxygen atoms in total. The quantitative estimate of drug-likeness (QED) is 0.684. The van der Waals surface area contributed by atoms with Gasteiger partial charge in [-0.1, -0.05) is 12.8 Å². The zero-order chi connectivity index (χ0) is 8.39. The summed E-state index contributed by atoms with van der Waals surface area (Å²) in [6.07, 6.45) is 7.84. The average Bonchev–Trinajstić information content (AvgIpc) is 2.57. The number of nitrogens with zero attached hydrogens (tertiary/aromatic N) is 2. The van der Waals surface area contributed by atoms with Gasteiger partial charge in [0.1, 0.15) is 0 Å². The lowest BCUT2D eigenvalue weighted by molar-refractivity contribution is 0.0694. The molecule has 12 heavy (non-hydrogen) atoms. The van der Waals surface area contributed by atoms with Gasteiger partial charge in [0, 0.05) is 12.4 Å². The molecule has 0 amide bonds. The molecule has 1 heterocycles. The van der Waals surface area contributed by atoms with Crippen molar-refractivity contribution in [3.63, 3.8) is 0 Å². The predicted molar refractivity (Wildman–Crippen MR) is 45.7 cm³/mol. The maximum Gasteiger partial charge on any atom is 0.0778 e. The van der Waals surface area contributed by atoms with Crippen LogP contribution in [0.3, 0.4) is 0 Å². The van der Waals surface area contributed by atoms with E-state index in [1.807, 2.05) is 16.9 Å². The van der Waals surface area contributed by atoms with Crippen molar-refractivity contribution in [1.29, 1.82) is 0 Å². The summed E-state index contributed by atoms with van der Waals surface area (Å²) < 4.78 is 1.88. The van der Waals surface area contributed by atoms with Crippen LogP contribution in [0, 0.1) is 0 Å². The Hall–Kier alpha value is -0.830. The smallest absolute Gasteiger partial charge is 0.0778 e. The molecule has 1 aromatic heterocycles. The molecule has 0 aliphatic heterocycles. The van der Waals surface area contributed by atoms with E-state index >= 15 is 0 Å². The van der Waals surface area contributed by atoms with Gasteiger partial charge in [-0.3, -0.25) is 4.68 Å². The van der Waals surface area contributed by atoms with Crippen LogP contribution in [-0.2, 0) is 0 Å². The molecule has 1 N–H and O–H groups in total. The van der Waals surface area contributed by atoms with Gasteiger partial charge < -0.3 is 5.11 Å². The Morgan fingerprint density at radius 1 is 1.33 bits per heavy atom. The molecular formula is C9H14N2O. The third-order valence-electron chi connectivity index (χ3n) is 2.56. The first-order valence-electron chi connectivity index (χ1n) is 4.55. The van der Waals surface area contributed by atoms with Crippen molar-refractivity contribution in [2.75, 3.05) is 0 Å². The van der Waals surface area contributed by atoms with Crippen LogP contribution < -0.4 is 0 Å². The molecule has 1 fully saturated rings. The molecule has 0 radical (unpaired) electrons. The Bertz CT molecular complexity index is 233. The number of rotatable bonds is 1. The van der Waals surface area contributed by atoms with Crippen LogP contribution in [0.15, 0.2) is 18.5 Å². The SMILES string of the molecule is O[C@@H]1CCCC[C@H]1n1cccn1. The molecular weight excluding hydrogens is 152 g/mol. The molecule has 1 saturated carbocycles. The number of hydrogen-bond acceptors (Lipinski definition) is 2. The van der Waals surface area contributed by atoms with Crippen molar-refractivity contribution in [2.45, 2.75) is 37.8 Å². The molecule has 0 aromatic carbocycles. The van der Waals surface area contributed by atoms with Gasteiger partial charge >= 0.3 is 0 Å². The minimum Gasteiger partial charge on any atom is -0.391 e. The number of hydrogen-bond donors (Lipinski definition) is 1. The van der Waals surface area contributed by atoms with Crippen molar-refractivity contribution in [3.05, 3.63) is 18.5 Å². The summed E-state index contributed by atoms with van der Waals surface area (Å²) in [5.41, 5.74) is 0. The zero-order valence-electron chi connectivity index (χ0n) is 7.06. The van der Waals surface area contributed by atoms with Gasteiger partial charge in [-0.2, -0.15) is 5.10 Å². The highest BCUT2D eigenvalue weighted by molar-refractivity contribution is 4.86. The summed E-state index contributed by atoms with van der Waals surface area (Å²) in [5, 5.41) is 13.8. The van der Waals surface area contributed by atoms with Gasteiger partial charge in [0.15, 0.2) is 0 Å². The predicted octanol–water partition coefficient (Wildman–Crippen LogP) is 1.36. The Kier molecular flexibility index (Phi) is 2.13. The Balaban J connectivity index is 2.11. The maximum absolute atomic E-state index is 9.68. The van der Waals surface area contributed by atoms with Gasteiger partial charge in [-0.25, -0.2) is 0 Å². The summed E-state index contributed by atoms with van der Waals surface area (Å²) in [5.74, 6) is 0. The van der Waals surface area contributed by atoms with Gasteiger partial charge in [0.05, 0.1) is 12.1 Å². The Labute approximate surface area is 72.0 Å². The van der Waals surface area contributed by atoms with E-state index in [1.165, 1.54) is 6.42 Å². The molecule has 0 bridgehead atoms. The maximum atomic E-state index is 9.68. The molecule has 1 aliphatic rings. The fourth-order valence-corrected chi connectivity index (χ4v) is 1.88. The van der Waals surface area contributed by atoms with Gasteiger partial charge in [-0.15, -0.1) is 0 Å². The average molecular weight is 166 g/mol. The molecule has 2 rings (SSSR count). The van der Waals surface area contributed by atoms with Crippen molar-refractivity contribution < 1.29 is 5.11 Å². The monoisotopic (exact) mass is 166 g/mol. The van der Waals surface area contributed by atoms with Crippen LogP contribution in [0.25, 0.3) is 0 Å². The van der Waals surface area contributed by atoms with Gasteiger partial charge in [0.2, 0.25) is 0 Å². The van der Waals surface area contributed by atoms with Crippen molar-refractivity contribution >= 4 is 0 Å². The summed E-state index contributed by atoms with van der Waals surface area (Å²) in [7, 11) is 0. The van der Waals surface area contributed by atoms with E-state index in [0.717, 1.165) is 19.3 Å².